The molecule has 3 heterocycles. The Kier molecular flexibility index (Phi) is 5.40. The fraction of sp³-hybridized carbons (Fsp3) is 0.947. The quantitative estimate of drug-likeness (QED) is 0.799. The zero-order valence-electron chi connectivity index (χ0n) is 14.8. The maximum Gasteiger partial charge on any atom is 0.220 e. The van der Waals surface area contributed by atoms with E-state index in [1.165, 1.54) is 32.2 Å². The molecule has 1 saturated carbocycles. The average molecular weight is 336 g/mol. The van der Waals surface area contributed by atoms with Crippen LogP contribution in [0.5, 0.6) is 0 Å². The lowest BCUT2D eigenvalue weighted by molar-refractivity contribution is -0.124. The minimum Gasteiger partial charge on any atom is -0.381 e. The summed E-state index contributed by atoms with van der Waals surface area (Å²) in [6.07, 6.45) is 5.64. The predicted molar refractivity (Wildman–Crippen MR) is 91.6 cm³/mol. The molecule has 136 valence electrons. The van der Waals surface area contributed by atoms with E-state index in [1.54, 1.807) is 0 Å². The summed E-state index contributed by atoms with van der Waals surface area (Å²) in [6.45, 7) is 7.91. The van der Waals surface area contributed by atoms with Crippen LogP contribution in [-0.2, 0) is 14.3 Å². The van der Waals surface area contributed by atoms with Crippen LogP contribution in [0.25, 0.3) is 0 Å². The fourth-order valence-corrected chi connectivity index (χ4v) is 4.74. The first-order chi connectivity index (χ1) is 11.8. The van der Waals surface area contributed by atoms with Gasteiger partial charge in [-0.3, -0.25) is 4.79 Å². The standard InChI is InChI=1S/C19H32N2O3/c22-19(20-8-14-1-2-14)7-16-12-24-13-17-10-21(11-18(16)17)9-15-3-5-23-6-4-15/h14-18H,1-13H2,(H,20,22)/t16-,17-,18+/m1/s1. The lowest BCUT2D eigenvalue weighted by atomic mass is 9.81. The Labute approximate surface area is 145 Å². The highest BCUT2D eigenvalue weighted by Gasteiger charge is 2.42. The number of amides is 1. The maximum atomic E-state index is 12.2. The number of carbonyl (C=O) groups is 1. The number of hydrogen-bond acceptors (Lipinski definition) is 4. The average Bonchev–Trinajstić information content (AvgIpc) is 3.33. The zero-order chi connectivity index (χ0) is 16.4. The third-order valence-corrected chi connectivity index (χ3v) is 6.43. The van der Waals surface area contributed by atoms with E-state index in [-0.39, 0.29) is 5.91 Å². The molecule has 0 radical (unpaired) electrons. The monoisotopic (exact) mass is 336 g/mol. The Hall–Kier alpha value is -0.650. The van der Waals surface area contributed by atoms with Gasteiger partial charge in [-0.1, -0.05) is 0 Å². The highest BCUT2D eigenvalue weighted by atomic mass is 16.5. The van der Waals surface area contributed by atoms with Gasteiger partial charge in [-0.25, -0.2) is 0 Å². The van der Waals surface area contributed by atoms with Gasteiger partial charge in [0, 0.05) is 45.8 Å². The lowest BCUT2D eigenvalue weighted by Crippen LogP contribution is -2.38. The first kappa shape index (κ1) is 16.8. The van der Waals surface area contributed by atoms with Crippen molar-refractivity contribution in [3.63, 3.8) is 0 Å². The molecular weight excluding hydrogens is 304 g/mol. The molecule has 5 nitrogen and oxygen atoms in total. The third-order valence-electron chi connectivity index (χ3n) is 6.43. The number of nitrogens with zero attached hydrogens (tertiary/aromatic N) is 1. The number of ether oxygens (including phenoxy) is 2. The molecule has 4 rings (SSSR count). The van der Waals surface area contributed by atoms with Crippen molar-refractivity contribution in [2.75, 3.05) is 52.6 Å². The first-order valence-electron chi connectivity index (χ1n) is 9.92. The molecule has 0 aromatic rings. The number of nitrogens with one attached hydrogen (secondary N) is 1. The summed E-state index contributed by atoms with van der Waals surface area (Å²) in [5.41, 5.74) is 0. The molecule has 4 aliphatic rings. The molecule has 3 aliphatic heterocycles. The molecule has 0 aromatic carbocycles. The van der Waals surface area contributed by atoms with Crippen LogP contribution in [0.15, 0.2) is 0 Å². The van der Waals surface area contributed by atoms with Crippen LogP contribution in [0.4, 0.5) is 0 Å². The van der Waals surface area contributed by atoms with Crippen LogP contribution in [0.3, 0.4) is 0 Å². The van der Waals surface area contributed by atoms with Crippen molar-refractivity contribution in [3.8, 4) is 0 Å². The Morgan fingerprint density at radius 3 is 2.62 bits per heavy atom. The summed E-state index contributed by atoms with van der Waals surface area (Å²) in [5.74, 6) is 3.46. The first-order valence-corrected chi connectivity index (χ1v) is 9.92. The Morgan fingerprint density at radius 2 is 1.83 bits per heavy atom. The molecule has 4 fully saturated rings. The molecule has 0 unspecified atom stereocenters. The van der Waals surface area contributed by atoms with Gasteiger partial charge in [0.1, 0.15) is 0 Å². The summed E-state index contributed by atoms with van der Waals surface area (Å²) in [6, 6.07) is 0. The van der Waals surface area contributed by atoms with Crippen LogP contribution >= 0.6 is 0 Å². The highest BCUT2D eigenvalue weighted by molar-refractivity contribution is 5.76. The third kappa shape index (κ3) is 4.30. The largest absolute Gasteiger partial charge is 0.381 e. The van der Waals surface area contributed by atoms with Gasteiger partial charge in [0.05, 0.1) is 13.2 Å². The molecule has 3 saturated heterocycles. The van der Waals surface area contributed by atoms with E-state index in [0.29, 0.717) is 24.2 Å². The molecule has 0 spiro atoms. The van der Waals surface area contributed by atoms with Crippen LogP contribution in [-0.4, -0.2) is 63.4 Å². The normalized spacial score (nSPS) is 34.9. The Bertz CT molecular complexity index is 434. The molecule has 5 heteroatoms. The summed E-state index contributed by atoms with van der Waals surface area (Å²) < 4.78 is 11.3. The van der Waals surface area contributed by atoms with Crippen molar-refractivity contribution < 1.29 is 14.3 Å². The van der Waals surface area contributed by atoms with E-state index in [1.807, 2.05) is 0 Å². The highest BCUT2D eigenvalue weighted by Crippen LogP contribution is 2.36. The Morgan fingerprint density at radius 1 is 1.00 bits per heavy atom. The molecule has 3 atom stereocenters. The summed E-state index contributed by atoms with van der Waals surface area (Å²) >= 11 is 0. The number of fused-ring (bicyclic) bond motifs is 1. The molecule has 0 bridgehead atoms. The van der Waals surface area contributed by atoms with E-state index in [2.05, 4.69) is 10.2 Å². The second kappa shape index (κ2) is 7.71. The Balaban J connectivity index is 1.26. The van der Waals surface area contributed by atoms with E-state index >= 15 is 0 Å². The van der Waals surface area contributed by atoms with Crippen LogP contribution in [0, 0.1) is 29.6 Å². The van der Waals surface area contributed by atoms with Gasteiger partial charge in [-0.2, -0.15) is 0 Å². The van der Waals surface area contributed by atoms with Gasteiger partial charge in [0.15, 0.2) is 0 Å². The number of hydrogen-bond donors (Lipinski definition) is 1. The van der Waals surface area contributed by atoms with Crippen LogP contribution < -0.4 is 5.32 Å². The van der Waals surface area contributed by atoms with E-state index in [0.717, 1.165) is 57.9 Å². The molecule has 0 aromatic heterocycles. The van der Waals surface area contributed by atoms with Crippen molar-refractivity contribution in [2.24, 2.45) is 29.6 Å². The minimum atomic E-state index is 0.235. The van der Waals surface area contributed by atoms with Crippen molar-refractivity contribution in [1.82, 2.24) is 10.2 Å². The van der Waals surface area contributed by atoms with Crippen molar-refractivity contribution in [3.05, 3.63) is 0 Å². The molecular formula is C19H32N2O3. The van der Waals surface area contributed by atoms with Crippen molar-refractivity contribution in [1.29, 1.82) is 0 Å². The second-order valence-corrected chi connectivity index (χ2v) is 8.45. The van der Waals surface area contributed by atoms with Gasteiger partial charge in [0.25, 0.3) is 0 Å². The maximum absolute atomic E-state index is 12.2. The number of carbonyl (C=O) groups excluding carboxylic acids is 1. The summed E-state index contributed by atoms with van der Waals surface area (Å²) in [4.78, 5) is 14.9. The second-order valence-electron chi connectivity index (χ2n) is 8.45. The minimum absolute atomic E-state index is 0.235. The van der Waals surface area contributed by atoms with E-state index < -0.39 is 0 Å². The topological polar surface area (TPSA) is 50.8 Å². The summed E-state index contributed by atoms with van der Waals surface area (Å²) in [5, 5.41) is 3.13. The predicted octanol–water partition coefficient (Wildman–Crippen LogP) is 1.52. The molecule has 1 amide bonds. The number of likely N-dealkylation sites (tertiary alicyclic amines) is 1. The van der Waals surface area contributed by atoms with Gasteiger partial charge in [0.2, 0.25) is 5.91 Å². The molecule has 1 N–H and O–H groups in total. The van der Waals surface area contributed by atoms with E-state index in [4.69, 9.17) is 9.47 Å². The molecule has 24 heavy (non-hydrogen) atoms. The van der Waals surface area contributed by atoms with Gasteiger partial charge in [-0.15, -0.1) is 0 Å². The lowest BCUT2D eigenvalue weighted by Gasteiger charge is -2.32. The van der Waals surface area contributed by atoms with Crippen LogP contribution in [0.2, 0.25) is 0 Å². The van der Waals surface area contributed by atoms with Gasteiger partial charge < -0.3 is 19.7 Å². The zero-order valence-corrected chi connectivity index (χ0v) is 14.8. The number of rotatable bonds is 6. The fourth-order valence-electron chi connectivity index (χ4n) is 4.74. The SMILES string of the molecule is O=C(C[C@@H]1COC[C@H]2CN(CC3CCOCC3)C[C@@H]12)NCC1CC1. The van der Waals surface area contributed by atoms with E-state index in [9.17, 15) is 4.79 Å². The smallest absolute Gasteiger partial charge is 0.220 e. The van der Waals surface area contributed by atoms with Gasteiger partial charge in [-0.05, 0) is 55.3 Å². The van der Waals surface area contributed by atoms with Crippen molar-refractivity contribution >= 4 is 5.91 Å². The van der Waals surface area contributed by atoms with Crippen LogP contribution in [0.1, 0.15) is 32.1 Å². The molecule has 1 aliphatic carbocycles. The van der Waals surface area contributed by atoms with Crippen molar-refractivity contribution in [2.45, 2.75) is 32.1 Å². The van der Waals surface area contributed by atoms with Gasteiger partial charge >= 0.3 is 0 Å². The summed E-state index contributed by atoms with van der Waals surface area (Å²) in [7, 11) is 0.